The minimum absolute atomic E-state index is 0.112. The number of benzene rings is 2. The van der Waals surface area contributed by atoms with Gasteiger partial charge in [0.1, 0.15) is 0 Å². The maximum atomic E-state index is 13.3. The summed E-state index contributed by atoms with van der Waals surface area (Å²) in [4.78, 5) is 30.6. The highest BCUT2D eigenvalue weighted by Crippen LogP contribution is 2.21. The SMILES string of the molecule is Cc1ccccc1NC(=O)CSc1nc2ccccc2c(=O)n1CCCn1nc(C)c(Cl)c1C. The van der Waals surface area contributed by atoms with Gasteiger partial charge in [-0.1, -0.05) is 53.7 Å². The number of rotatable bonds is 8. The Labute approximate surface area is 207 Å². The third-order valence-corrected chi connectivity index (χ3v) is 7.15. The number of fused-ring (bicyclic) bond motifs is 1. The molecule has 0 unspecified atom stereocenters. The molecule has 0 aliphatic rings. The standard InChI is InChI=1S/C25H26ClN5O2S/c1-16-9-4-6-11-20(16)27-22(32)15-34-25-28-21-12-7-5-10-19(21)24(33)30(25)13-8-14-31-18(3)23(26)17(2)29-31/h4-7,9-12H,8,13-15H2,1-3H3,(H,27,32). The number of amides is 1. The van der Waals surface area contributed by atoms with Crippen molar-refractivity contribution in [2.45, 2.75) is 45.4 Å². The van der Waals surface area contributed by atoms with Gasteiger partial charge in [-0.25, -0.2) is 4.98 Å². The molecule has 0 aliphatic heterocycles. The molecule has 4 rings (SSSR count). The maximum absolute atomic E-state index is 13.3. The van der Waals surface area contributed by atoms with Crippen molar-refractivity contribution in [3.63, 3.8) is 0 Å². The molecule has 1 N–H and O–H groups in total. The molecular formula is C25H26ClN5O2S. The monoisotopic (exact) mass is 495 g/mol. The van der Waals surface area contributed by atoms with Crippen molar-refractivity contribution in [3.8, 4) is 0 Å². The van der Waals surface area contributed by atoms with Gasteiger partial charge < -0.3 is 5.32 Å². The van der Waals surface area contributed by atoms with Gasteiger partial charge in [0, 0.05) is 18.8 Å². The molecule has 2 aromatic heterocycles. The summed E-state index contributed by atoms with van der Waals surface area (Å²) in [7, 11) is 0. The summed E-state index contributed by atoms with van der Waals surface area (Å²) in [6.07, 6.45) is 0.668. The number of halogens is 1. The molecule has 176 valence electrons. The van der Waals surface area contributed by atoms with Crippen LogP contribution in [0.15, 0.2) is 58.5 Å². The summed E-state index contributed by atoms with van der Waals surface area (Å²) >= 11 is 7.52. The van der Waals surface area contributed by atoms with Crippen molar-refractivity contribution in [2.75, 3.05) is 11.1 Å². The van der Waals surface area contributed by atoms with E-state index in [0.29, 0.717) is 40.6 Å². The van der Waals surface area contributed by atoms with Crippen LogP contribution >= 0.6 is 23.4 Å². The van der Waals surface area contributed by atoms with E-state index in [1.165, 1.54) is 11.8 Å². The molecule has 0 radical (unpaired) electrons. The molecule has 4 aromatic rings. The summed E-state index contributed by atoms with van der Waals surface area (Å²) in [6.45, 7) is 6.83. The van der Waals surface area contributed by atoms with Crippen LogP contribution in [0.25, 0.3) is 10.9 Å². The Hall–Kier alpha value is -3.10. The molecule has 0 aliphatic carbocycles. The Bertz CT molecular complexity index is 1410. The summed E-state index contributed by atoms with van der Waals surface area (Å²) in [5, 5.41) is 9.15. The van der Waals surface area contributed by atoms with Crippen molar-refractivity contribution in [1.82, 2.24) is 19.3 Å². The van der Waals surface area contributed by atoms with Gasteiger partial charge in [0.05, 0.1) is 33.1 Å². The van der Waals surface area contributed by atoms with Crippen LogP contribution in [-0.4, -0.2) is 31.0 Å². The Morgan fingerprint density at radius 1 is 1.06 bits per heavy atom. The van der Waals surface area contributed by atoms with Crippen molar-refractivity contribution in [3.05, 3.63) is 80.9 Å². The fourth-order valence-corrected chi connectivity index (χ4v) is 4.72. The second-order valence-corrected chi connectivity index (χ2v) is 9.40. The first-order valence-corrected chi connectivity index (χ1v) is 12.4. The lowest BCUT2D eigenvalue weighted by atomic mass is 10.2. The number of thioether (sulfide) groups is 1. The van der Waals surface area contributed by atoms with Crippen molar-refractivity contribution in [2.24, 2.45) is 0 Å². The first kappa shape index (κ1) is 24.0. The Morgan fingerprint density at radius 2 is 1.79 bits per heavy atom. The number of hydrogen-bond acceptors (Lipinski definition) is 5. The average Bonchev–Trinajstić information content (AvgIpc) is 3.07. The molecule has 7 nitrogen and oxygen atoms in total. The molecule has 34 heavy (non-hydrogen) atoms. The van der Waals surface area contributed by atoms with E-state index in [9.17, 15) is 9.59 Å². The van der Waals surface area contributed by atoms with E-state index in [0.717, 1.165) is 22.6 Å². The normalized spacial score (nSPS) is 11.2. The number of aromatic nitrogens is 4. The quantitative estimate of drug-likeness (QED) is 0.275. The molecule has 0 saturated heterocycles. The molecule has 9 heteroatoms. The molecule has 0 spiro atoms. The number of hydrogen-bond donors (Lipinski definition) is 1. The Kier molecular flexibility index (Phi) is 7.38. The zero-order valence-corrected chi connectivity index (χ0v) is 20.9. The zero-order valence-electron chi connectivity index (χ0n) is 19.3. The summed E-state index contributed by atoms with van der Waals surface area (Å²) in [5.41, 5.74) is 3.98. The van der Waals surface area contributed by atoms with Crippen LogP contribution in [0.2, 0.25) is 5.02 Å². The third-order valence-electron chi connectivity index (χ3n) is 5.62. The van der Waals surface area contributed by atoms with Crippen LogP contribution in [-0.2, 0) is 17.9 Å². The number of nitrogens with zero attached hydrogens (tertiary/aromatic N) is 4. The van der Waals surface area contributed by atoms with Gasteiger partial charge in [-0.05, 0) is 51.0 Å². The number of carbonyl (C=O) groups excluding carboxylic acids is 1. The van der Waals surface area contributed by atoms with Crippen molar-refractivity contribution in [1.29, 1.82) is 0 Å². The molecule has 0 atom stereocenters. The van der Waals surface area contributed by atoms with E-state index in [4.69, 9.17) is 16.6 Å². The van der Waals surface area contributed by atoms with E-state index < -0.39 is 0 Å². The van der Waals surface area contributed by atoms with Crippen molar-refractivity contribution >= 4 is 45.9 Å². The first-order valence-electron chi connectivity index (χ1n) is 11.0. The maximum Gasteiger partial charge on any atom is 0.262 e. The third kappa shape index (κ3) is 5.18. The molecule has 0 bridgehead atoms. The Balaban J connectivity index is 1.53. The van der Waals surface area contributed by atoms with Gasteiger partial charge in [-0.2, -0.15) is 5.10 Å². The van der Waals surface area contributed by atoms with Gasteiger partial charge in [0.15, 0.2) is 5.16 Å². The number of aryl methyl sites for hydroxylation is 3. The lowest BCUT2D eigenvalue weighted by Gasteiger charge is -2.14. The first-order chi connectivity index (χ1) is 16.3. The molecule has 0 saturated carbocycles. The summed E-state index contributed by atoms with van der Waals surface area (Å²) in [5.74, 6) is -0.00263. The molecule has 2 aromatic carbocycles. The molecule has 0 fully saturated rings. The van der Waals surface area contributed by atoms with Crippen LogP contribution in [0.5, 0.6) is 0 Å². The smallest absolute Gasteiger partial charge is 0.262 e. The highest BCUT2D eigenvalue weighted by molar-refractivity contribution is 7.99. The van der Waals surface area contributed by atoms with Gasteiger partial charge in [0.25, 0.3) is 5.56 Å². The van der Waals surface area contributed by atoms with E-state index in [-0.39, 0.29) is 17.2 Å². The molecule has 2 heterocycles. The van der Waals surface area contributed by atoms with Gasteiger partial charge >= 0.3 is 0 Å². The summed E-state index contributed by atoms with van der Waals surface area (Å²) < 4.78 is 3.51. The predicted octanol–water partition coefficient (Wildman–Crippen LogP) is 4.99. The number of nitrogens with one attached hydrogen (secondary N) is 1. The zero-order chi connectivity index (χ0) is 24.2. The number of carbonyl (C=O) groups is 1. The summed E-state index contributed by atoms with van der Waals surface area (Å²) in [6, 6.07) is 14.9. The molecular weight excluding hydrogens is 470 g/mol. The van der Waals surface area contributed by atoms with Crippen molar-refractivity contribution < 1.29 is 4.79 Å². The van der Waals surface area contributed by atoms with Gasteiger partial charge in [-0.15, -0.1) is 0 Å². The fraction of sp³-hybridized carbons (Fsp3) is 0.280. The average molecular weight is 496 g/mol. The van der Waals surface area contributed by atoms with Crippen LogP contribution in [0, 0.1) is 20.8 Å². The lowest BCUT2D eigenvalue weighted by Crippen LogP contribution is -2.25. The second-order valence-electron chi connectivity index (χ2n) is 8.08. The van der Waals surface area contributed by atoms with E-state index in [1.807, 2.05) is 67.9 Å². The van der Waals surface area contributed by atoms with E-state index in [2.05, 4.69) is 10.4 Å². The van der Waals surface area contributed by atoms with Crippen LogP contribution in [0.4, 0.5) is 5.69 Å². The lowest BCUT2D eigenvalue weighted by molar-refractivity contribution is -0.113. The Morgan fingerprint density at radius 3 is 2.53 bits per heavy atom. The largest absolute Gasteiger partial charge is 0.325 e. The highest BCUT2D eigenvalue weighted by Gasteiger charge is 2.15. The van der Waals surface area contributed by atoms with E-state index >= 15 is 0 Å². The minimum Gasteiger partial charge on any atom is -0.325 e. The van der Waals surface area contributed by atoms with Crippen LogP contribution in [0.1, 0.15) is 23.4 Å². The van der Waals surface area contributed by atoms with Crippen LogP contribution < -0.4 is 10.9 Å². The van der Waals surface area contributed by atoms with E-state index in [1.54, 1.807) is 10.6 Å². The second kappa shape index (κ2) is 10.4. The van der Waals surface area contributed by atoms with Gasteiger partial charge in [0.2, 0.25) is 5.91 Å². The highest BCUT2D eigenvalue weighted by atomic mass is 35.5. The predicted molar refractivity (Wildman–Crippen MR) is 138 cm³/mol. The topological polar surface area (TPSA) is 81.8 Å². The number of anilines is 1. The minimum atomic E-state index is -0.148. The fourth-order valence-electron chi connectivity index (χ4n) is 3.76. The molecule has 1 amide bonds. The van der Waals surface area contributed by atoms with Gasteiger partial charge in [-0.3, -0.25) is 18.8 Å². The van der Waals surface area contributed by atoms with Crippen LogP contribution in [0.3, 0.4) is 0 Å². The number of para-hydroxylation sites is 2.